The molecule has 2 aromatic rings. The minimum Gasteiger partial charge on any atom is -0.268 e. The van der Waals surface area contributed by atoms with Gasteiger partial charge in [0.15, 0.2) is 4.32 Å². The van der Waals surface area contributed by atoms with Gasteiger partial charge in [0.2, 0.25) is 0 Å². The van der Waals surface area contributed by atoms with E-state index in [1.807, 2.05) is 37.3 Å². The van der Waals surface area contributed by atoms with E-state index in [1.54, 1.807) is 0 Å². The molecule has 2 aromatic carbocycles. The molecule has 1 heterocycles. The van der Waals surface area contributed by atoms with Gasteiger partial charge in [-0.05, 0) is 36.3 Å². The quantitative estimate of drug-likeness (QED) is 0.355. The van der Waals surface area contributed by atoms with E-state index in [9.17, 15) is 14.9 Å². The summed E-state index contributed by atoms with van der Waals surface area (Å²) in [6.45, 7) is 1.98. The fourth-order valence-corrected chi connectivity index (χ4v) is 3.59. The van der Waals surface area contributed by atoms with E-state index >= 15 is 0 Å². The van der Waals surface area contributed by atoms with Crippen molar-refractivity contribution in [1.29, 1.82) is 0 Å². The third kappa shape index (κ3) is 3.08. The summed E-state index contributed by atoms with van der Waals surface area (Å²) in [4.78, 5) is 24.9. The third-order valence-electron chi connectivity index (χ3n) is 3.59. The first-order valence-corrected chi connectivity index (χ1v) is 8.28. The zero-order valence-electron chi connectivity index (χ0n) is 12.6. The van der Waals surface area contributed by atoms with Crippen molar-refractivity contribution in [3.8, 4) is 0 Å². The number of nitro benzene ring substituents is 1. The van der Waals surface area contributed by atoms with Gasteiger partial charge in [-0.25, -0.2) is 0 Å². The van der Waals surface area contributed by atoms with Crippen molar-refractivity contribution in [3.63, 3.8) is 0 Å². The molecule has 7 heteroatoms. The molecule has 0 aliphatic carbocycles. The number of anilines is 1. The van der Waals surface area contributed by atoms with E-state index in [2.05, 4.69) is 0 Å². The maximum atomic E-state index is 12.7. The zero-order valence-corrected chi connectivity index (χ0v) is 14.3. The Balaban J connectivity index is 1.92. The molecule has 24 heavy (non-hydrogen) atoms. The first-order valence-electron chi connectivity index (χ1n) is 7.05. The van der Waals surface area contributed by atoms with Crippen LogP contribution in [0.15, 0.2) is 53.4 Å². The van der Waals surface area contributed by atoms with Gasteiger partial charge >= 0.3 is 0 Å². The highest BCUT2D eigenvalue weighted by Gasteiger charge is 2.33. The maximum absolute atomic E-state index is 12.7. The normalized spacial score (nSPS) is 16.0. The predicted octanol–water partition coefficient (Wildman–Crippen LogP) is 4.31. The second-order valence-corrected chi connectivity index (χ2v) is 6.82. The number of hydrogen-bond donors (Lipinski definition) is 0. The van der Waals surface area contributed by atoms with Crippen LogP contribution in [0.3, 0.4) is 0 Å². The molecule has 0 unspecified atom stereocenters. The molecule has 1 fully saturated rings. The lowest BCUT2D eigenvalue weighted by molar-refractivity contribution is -0.384. The molecule has 120 valence electrons. The number of thiocarbonyl (C=S) groups is 1. The standard InChI is InChI=1S/C17H12N2O3S2/c1-11-4-2-3-5-12(11)10-15-16(20)18(17(23)24-15)13-6-8-14(9-7-13)19(21)22/h2-10H,1H3/b15-10-. The number of aryl methyl sites for hydroxylation is 1. The number of hydrogen-bond acceptors (Lipinski definition) is 5. The molecule has 0 spiro atoms. The van der Waals surface area contributed by atoms with E-state index in [1.165, 1.54) is 40.9 Å². The highest BCUT2D eigenvalue weighted by atomic mass is 32.2. The molecule has 1 aliphatic heterocycles. The molecule has 5 nitrogen and oxygen atoms in total. The monoisotopic (exact) mass is 356 g/mol. The van der Waals surface area contributed by atoms with Crippen LogP contribution < -0.4 is 4.90 Å². The van der Waals surface area contributed by atoms with Crippen molar-refractivity contribution >= 4 is 51.7 Å². The van der Waals surface area contributed by atoms with Crippen LogP contribution in [0, 0.1) is 17.0 Å². The molecular weight excluding hydrogens is 344 g/mol. The average molecular weight is 356 g/mol. The van der Waals surface area contributed by atoms with Crippen LogP contribution in [0.2, 0.25) is 0 Å². The summed E-state index contributed by atoms with van der Waals surface area (Å²) < 4.78 is 0.411. The Kier molecular flexibility index (Phi) is 4.46. The van der Waals surface area contributed by atoms with Gasteiger partial charge in [0, 0.05) is 12.1 Å². The van der Waals surface area contributed by atoms with Crippen LogP contribution in [-0.4, -0.2) is 15.2 Å². The van der Waals surface area contributed by atoms with E-state index < -0.39 is 4.92 Å². The largest absolute Gasteiger partial charge is 0.270 e. The maximum Gasteiger partial charge on any atom is 0.270 e. The van der Waals surface area contributed by atoms with Crippen LogP contribution >= 0.6 is 24.0 Å². The highest BCUT2D eigenvalue weighted by Crippen LogP contribution is 2.36. The molecule has 0 N–H and O–H groups in total. The fraction of sp³-hybridized carbons (Fsp3) is 0.0588. The molecule has 1 saturated heterocycles. The number of rotatable bonds is 3. The molecular formula is C17H12N2O3S2. The van der Waals surface area contributed by atoms with Gasteiger partial charge in [-0.1, -0.05) is 48.2 Å². The van der Waals surface area contributed by atoms with Crippen molar-refractivity contribution in [3.05, 3.63) is 74.7 Å². The zero-order chi connectivity index (χ0) is 17.3. The number of non-ortho nitro benzene ring substituents is 1. The van der Waals surface area contributed by atoms with Gasteiger partial charge < -0.3 is 0 Å². The summed E-state index contributed by atoms with van der Waals surface area (Å²) >= 11 is 6.53. The highest BCUT2D eigenvalue weighted by molar-refractivity contribution is 8.27. The van der Waals surface area contributed by atoms with Gasteiger partial charge in [-0.3, -0.25) is 19.8 Å². The van der Waals surface area contributed by atoms with Crippen molar-refractivity contribution in [2.75, 3.05) is 4.90 Å². The number of nitro groups is 1. The number of carbonyl (C=O) groups excluding carboxylic acids is 1. The number of benzene rings is 2. The van der Waals surface area contributed by atoms with Crippen LogP contribution in [0.4, 0.5) is 11.4 Å². The number of thioether (sulfide) groups is 1. The second kappa shape index (κ2) is 6.54. The number of amides is 1. The van der Waals surface area contributed by atoms with E-state index in [4.69, 9.17) is 12.2 Å². The van der Waals surface area contributed by atoms with Crippen LogP contribution in [0.1, 0.15) is 11.1 Å². The number of carbonyl (C=O) groups is 1. The van der Waals surface area contributed by atoms with E-state index in [0.717, 1.165) is 11.1 Å². The lowest BCUT2D eigenvalue weighted by atomic mass is 10.1. The smallest absolute Gasteiger partial charge is 0.268 e. The van der Waals surface area contributed by atoms with Crippen molar-refractivity contribution in [2.24, 2.45) is 0 Å². The van der Waals surface area contributed by atoms with Crippen molar-refractivity contribution in [1.82, 2.24) is 0 Å². The first-order chi connectivity index (χ1) is 11.5. The van der Waals surface area contributed by atoms with Crippen LogP contribution in [-0.2, 0) is 4.79 Å². The summed E-state index contributed by atoms with van der Waals surface area (Å²) in [6, 6.07) is 13.5. The topological polar surface area (TPSA) is 63.4 Å². The Hall–Kier alpha value is -2.51. The fourth-order valence-electron chi connectivity index (χ4n) is 2.30. The third-order valence-corrected chi connectivity index (χ3v) is 4.89. The van der Waals surface area contributed by atoms with Gasteiger partial charge in [0.05, 0.1) is 15.5 Å². The summed E-state index contributed by atoms with van der Waals surface area (Å²) in [6.07, 6.45) is 1.82. The van der Waals surface area contributed by atoms with Crippen molar-refractivity contribution in [2.45, 2.75) is 6.92 Å². The SMILES string of the molecule is Cc1ccccc1/C=C1\SC(=S)N(c2ccc([N+](=O)[O-])cc2)C1=O. The molecule has 0 bridgehead atoms. The molecule has 0 saturated carbocycles. The van der Waals surface area contributed by atoms with Gasteiger partial charge in [-0.15, -0.1) is 0 Å². The first kappa shape index (κ1) is 16.4. The molecule has 0 atom stereocenters. The average Bonchev–Trinajstić information content (AvgIpc) is 2.84. The molecule has 0 aromatic heterocycles. The minimum absolute atomic E-state index is 0.0281. The van der Waals surface area contributed by atoms with E-state index in [0.29, 0.717) is 14.9 Å². The Bertz CT molecular complexity index is 876. The Labute approximate surface area is 148 Å². The van der Waals surface area contributed by atoms with Crippen molar-refractivity contribution < 1.29 is 9.72 Å². The minimum atomic E-state index is -0.480. The molecule has 3 rings (SSSR count). The van der Waals surface area contributed by atoms with Gasteiger partial charge in [0.25, 0.3) is 11.6 Å². The predicted molar refractivity (Wildman–Crippen MR) is 99.9 cm³/mol. The van der Waals surface area contributed by atoms with E-state index in [-0.39, 0.29) is 11.6 Å². The van der Waals surface area contributed by atoms with Crippen LogP contribution in [0.25, 0.3) is 6.08 Å². The summed E-state index contributed by atoms with van der Waals surface area (Å²) in [7, 11) is 0. The number of nitrogens with zero attached hydrogens (tertiary/aromatic N) is 2. The molecule has 1 amide bonds. The Morgan fingerprint density at radius 1 is 1.17 bits per heavy atom. The lowest BCUT2D eigenvalue weighted by Gasteiger charge is -2.13. The Morgan fingerprint density at radius 2 is 1.83 bits per heavy atom. The Morgan fingerprint density at radius 3 is 2.46 bits per heavy atom. The summed E-state index contributed by atoms with van der Waals surface area (Å²) in [5, 5.41) is 10.7. The van der Waals surface area contributed by atoms with Gasteiger partial charge in [-0.2, -0.15) is 0 Å². The van der Waals surface area contributed by atoms with Gasteiger partial charge in [0.1, 0.15) is 0 Å². The summed E-state index contributed by atoms with van der Waals surface area (Å²) in [5.41, 5.74) is 2.52. The summed E-state index contributed by atoms with van der Waals surface area (Å²) in [5.74, 6) is -0.220. The lowest BCUT2D eigenvalue weighted by Crippen LogP contribution is -2.27. The second-order valence-electron chi connectivity index (χ2n) is 5.15. The molecule has 0 radical (unpaired) electrons. The molecule has 1 aliphatic rings. The van der Waals surface area contributed by atoms with Crippen LogP contribution in [0.5, 0.6) is 0 Å².